The molecule has 15 heavy (non-hydrogen) atoms. The molecule has 3 heteroatoms. The van der Waals surface area contributed by atoms with Gasteiger partial charge in [0.25, 0.3) is 0 Å². The van der Waals surface area contributed by atoms with Crippen LogP contribution in [0.5, 0.6) is 0 Å². The number of hydrogen-bond donors (Lipinski definition) is 1. The Bertz CT molecular complexity index is 284. The third kappa shape index (κ3) is 2.41. The zero-order valence-electron chi connectivity index (χ0n) is 9.57. The Balaban J connectivity index is 1.98. The van der Waals surface area contributed by atoms with E-state index in [9.17, 15) is 0 Å². The molecule has 0 bridgehead atoms. The van der Waals surface area contributed by atoms with Crippen LogP contribution < -0.4 is 5.32 Å². The summed E-state index contributed by atoms with van der Waals surface area (Å²) in [6, 6.07) is 5.06. The summed E-state index contributed by atoms with van der Waals surface area (Å²) in [6.45, 7) is 7.77. The highest BCUT2D eigenvalue weighted by Crippen LogP contribution is 2.21. The first-order valence-electron chi connectivity index (χ1n) is 5.82. The van der Waals surface area contributed by atoms with Crippen molar-refractivity contribution in [3.8, 4) is 0 Å². The molecule has 1 N–H and O–H groups in total. The van der Waals surface area contributed by atoms with Gasteiger partial charge >= 0.3 is 0 Å². The smallest absolute Gasteiger partial charge is 0.120 e. The van der Waals surface area contributed by atoms with Crippen LogP contribution in [0.15, 0.2) is 22.8 Å². The van der Waals surface area contributed by atoms with Gasteiger partial charge in [-0.25, -0.2) is 0 Å². The molecule has 0 aromatic carbocycles. The van der Waals surface area contributed by atoms with Gasteiger partial charge in [-0.2, -0.15) is 0 Å². The predicted octanol–water partition coefficient (Wildman–Crippen LogP) is 2.02. The maximum atomic E-state index is 5.46. The number of hydrogen-bond acceptors (Lipinski definition) is 3. The molecule has 1 saturated heterocycles. The van der Waals surface area contributed by atoms with Gasteiger partial charge in [-0.1, -0.05) is 6.92 Å². The van der Waals surface area contributed by atoms with Crippen molar-refractivity contribution in [1.29, 1.82) is 0 Å². The van der Waals surface area contributed by atoms with Crippen molar-refractivity contribution in [2.45, 2.75) is 32.4 Å². The van der Waals surface area contributed by atoms with Crippen LogP contribution in [-0.4, -0.2) is 30.6 Å². The molecule has 1 aliphatic rings. The van der Waals surface area contributed by atoms with Crippen molar-refractivity contribution < 1.29 is 4.42 Å². The standard InChI is InChI=1S/C12H20N2O/c1-3-11-9-14(7-6-13-11)10(2)12-5-4-8-15-12/h4-5,8,10-11,13H,3,6-7,9H2,1-2H3. The zero-order chi connectivity index (χ0) is 10.7. The fraction of sp³-hybridized carbons (Fsp3) is 0.667. The molecule has 0 saturated carbocycles. The molecule has 2 heterocycles. The highest BCUT2D eigenvalue weighted by Gasteiger charge is 2.23. The summed E-state index contributed by atoms with van der Waals surface area (Å²) in [6.07, 6.45) is 2.95. The summed E-state index contributed by atoms with van der Waals surface area (Å²) in [5, 5.41) is 3.53. The third-order valence-corrected chi connectivity index (χ3v) is 3.28. The molecule has 2 rings (SSSR count). The van der Waals surface area contributed by atoms with Crippen LogP contribution in [0.2, 0.25) is 0 Å². The lowest BCUT2D eigenvalue weighted by Gasteiger charge is -2.36. The molecule has 2 unspecified atom stereocenters. The molecular weight excluding hydrogens is 188 g/mol. The summed E-state index contributed by atoms with van der Waals surface area (Å²) in [4.78, 5) is 2.49. The number of nitrogens with one attached hydrogen (secondary N) is 1. The van der Waals surface area contributed by atoms with Crippen molar-refractivity contribution in [1.82, 2.24) is 10.2 Å². The van der Waals surface area contributed by atoms with Crippen LogP contribution in [0.4, 0.5) is 0 Å². The van der Waals surface area contributed by atoms with E-state index in [1.165, 1.54) is 6.42 Å². The fourth-order valence-corrected chi connectivity index (χ4v) is 2.19. The van der Waals surface area contributed by atoms with Crippen LogP contribution >= 0.6 is 0 Å². The lowest BCUT2D eigenvalue weighted by Crippen LogP contribution is -2.50. The topological polar surface area (TPSA) is 28.4 Å². The van der Waals surface area contributed by atoms with Gasteiger partial charge in [0.15, 0.2) is 0 Å². The second-order valence-corrected chi connectivity index (χ2v) is 4.25. The highest BCUT2D eigenvalue weighted by atomic mass is 16.3. The molecule has 0 spiro atoms. The van der Waals surface area contributed by atoms with E-state index in [-0.39, 0.29) is 0 Å². The molecule has 2 atom stereocenters. The minimum Gasteiger partial charge on any atom is -0.468 e. The molecule has 84 valence electrons. The average Bonchev–Trinajstić information content (AvgIpc) is 2.81. The van der Waals surface area contributed by atoms with Crippen molar-refractivity contribution in [2.75, 3.05) is 19.6 Å². The van der Waals surface area contributed by atoms with E-state index in [0.29, 0.717) is 12.1 Å². The van der Waals surface area contributed by atoms with Gasteiger partial charge in [0.05, 0.1) is 12.3 Å². The van der Waals surface area contributed by atoms with Crippen molar-refractivity contribution in [2.24, 2.45) is 0 Å². The monoisotopic (exact) mass is 208 g/mol. The van der Waals surface area contributed by atoms with E-state index in [0.717, 1.165) is 25.4 Å². The maximum absolute atomic E-state index is 5.46. The predicted molar refractivity (Wildman–Crippen MR) is 60.8 cm³/mol. The molecular formula is C12H20N2O. The number of nitrogens with zero attached hydrogens (tertiary/aromatic N) is 1. The number of piperazine rings is 1. The van der Waals surface area contributed by atoms with E-state index >= 15 is 0 Å². The zero-order valence-corrected chi connectivity index (χ0v) is 9.57. The van der Waals surface area contributed by atoms with E-state index in [1.807, 2.05) is 6.07 Å². The van der Waals surface area contributed by atoms with Crippen LogP contribution in [0.1, 0.15) is 32.1 Å². The molecule has 0 radical (unpaired) electrons. The largest absolute Gasteiger partial charge is 0.468 e. The third-order valence-electron chi connectivity index (χ3n) is 3.28. The van der Waals surface area contributed by atoms with Crippen LogP contribution in [0.3, 0.4) is 0 Å². The maximum Gasteiger partial charge on any atom is 0.120 e. The first kappa shape index (κ1) is 10.7. The van der Waals surface area contributed by atoms with Crippen LogP contribution in [-0.2, 0) is 0 Å². The minimum atomic E-state index is 0.399. The van der Waals surface area contributed by atoms with E-state index in [2.05, 4.69) is 30.1 Å². The number of furan rings is 1. The summed E-state index contributed by atoms with van der Waals surface area (Å²) in [5.41, 5.74) is 0. The fourth-order valence-electron chi connectivity index (χ4n) is 2.19. The van der Waals surface area contributed by atoms with Crippen LogP contribution in [0.25, 0.3) is 0 Å². The molecule has 1 fully saturated rings. The molecule has 3 nitrogen and oxygen atoms in total. The SMILES string of the molecule is CCC1CN(C(C)c2ccco2)CCN1. The van der Waals surface area contributed by atoms with Gasteiger partial charge in [-0.15, -0.1) is 0 Å². The van der Waals surface area contributed by atoms with Crippen LogP contribution in [0, 0.1) is 0 Å². The van der Waals surface area contributed by atoms with Gasteiger partial charge in [-0.3, -0.25) is 4.90 Å². The van der Waals surface area contributed by atoms with Crippen molar-refractivity contribution in [3.63, 3.8) is 0 Å². The first-order chi connectivity index (χ1) is 7.31. The first-order valence-corrected chi connectivity index (χ1v) is 5.82. The Hall–Kier alpha value is -0.800. The Morgan fingerprint density at radius 3 is 3.20 bits per heavy atom. The van der Waals surface area contributed by atoms with Gasteiger partial charge in [0.2, 0.25) is 0 Å². The summed E-state index contributed by atoms with van der Waals surface area (Å²) >= 11 is 0. The van der Waals surface area contributed by atoms with Crippen molar-refractivity contribution in [3.05, 3.63) is 24.2 Å². The normalized spacial score (nSPS) is 25.3. The second-order valence-electron chi connectivity index (χ2n) is 4.25. The Kier molecular flexibility index (Phi) is 3.44. The van der Waals surface area contributed by atoms with E-state index < -0.39 is 0 Å². The minimum absolute atomic E-state index is 0.399. The molecule has 0 aliphatic carbocycles. The summed E-state index contributed by atoms with van der Waals surface area (Å²) in [5.74, 6) is 1.08. The highest BCUT2D eigenvalue weighted by molar-refractivity contribution is 5.04. The summed E-state index contributed by atoms with van der Waals surface area (Å²) < 4.78 is 5.46. The molecule has 1 aliphatic heterocycles. The molecule has 1 aromatic rings. The molecule has 0 amide bonds. The van der Waals surface area contributed by atoms with E-state index in [1.54, 1.807) is 6.26 Å². The van der Waals surface area contributed by atoms with E-state index in [4.69, 9.17) is 4.42 Å². The quantitative estimate of drug-likeness (QED) is 0.824. The Morgan fingerprint density at radius 1 is 1.67 bits per heavy atom. The second kappa shape index (κ2) is 4.81. The van der Waals surface area contributed by atoms with Crippen molar-refractivity contribution >= 4 is 0 Å². The number of rotatable bonds is 3. The average molecular weight is 208 g/mol. The van der Waals surface area contributed by atoms with Gasteiger partial charge in [0, 0.05) is 25.7 Å². The Morgan fingerprint density at radius 2 is 2.53 bits per heavy atom. The lowest BCUT2D eigenvalue weighted by atomic mass is 10.1. The summed E-state index contributed by atoms with van der Waals surface area (Å²) in [7, 11) is 0. The molecule has 1 aromatic heterocycles. The van der Waals surface area contributed by atoms with Gasteiger partial charge in [0.1, 0.15) is 5.76 Å². The van der Waals surface area contributed by atoms with Gasteiger partial charge in [-0.05, 0) is 25.5 Å². The van der Waals surface area contributed by atoms with Gasteiger partial charge < -0.3 is 9.73 Å². The Labute approximate surface area is 91.4 Å². The lowest BCUT2D eigenvalue weighted by molar-refractivity contribution is 0.137.